The lowest BCUT2D eigenvalue weighted by molar-refractivity contribution is -0.125. The molecule has 0 spiro atoms. The molecule has 11 heteroatoms. The minimum Gasteiger partial charge on any atom is -0.367 e. The number of carbonyl (C=O) groups excluding carboxylic acids is 1. The lowest BCUT2D eigenvalue weighted by Gasteiger charge is -2.17. The van der Waals surface area contributed by atoms with E-state index in [2.05, 4.69) is 33.1 Å². The number of aryl methyl sites for hydroxylation is 1. The minimum atomic E-state index is -3.80. The molecule has 3 N–H and O–H groups in total. The van der Waals surface area contributed by atoms with Gasteiger partial charge in [0, 0.05) is 24.8 Å². The number of carbonyl (C=O) groups is 1. The summed E-state index contributed by atoms with van der Waals surface area (Å²) in [6.45, 7) is 7.08. The van der Waals surface area contributed by atoms with Crippen LogP contribution in [0.4, 0.5) is 5.82 Å². The largest absolute Gasteiger partial charge is 0.367 e. The second-order valence-corrected chi connectivity index (χ2v) is 10.6. The van der Waals surface area contributed by atoms with Crippen LogP contribution in [-0.2, 0) is 19.6 Å². The van der Waals surface area contributed by atoms with Crippen molar-refractivity contribution in [2.75, 3.05) is 18.8 Å². The van der Waals surface area contributed by atoms with Gasteiger partial charge in [0.2, 0.25) is 5.91 Å². The molecule has 4 rings (SSSR count). The molecule has 10 nitrogen and oxygen atoms in total. The summed E-state index contributed by atoms with van der Waals surface area (Å²) in [4.78, 5) is 21.8. The predicted molar refractivity (Wildman–Crippen MR) is 133 cm³/mol. The second-order valence-electron chi connectivity index (χ2n) is 8.79. The van der Waals surface area contributed by atoms with E-state index in [1.165, 1.54) is 12.4 Å². The Hall–Kier alpha value is -3.02. The molecule has 0 radical (unpaired) electrons. The van der Waals surface area contributed by atoms with E-state index < -0.39 is 10.0 Å². The molecule has 0 unspecified atom stereocenters. The first kappa shape index (κ1) is 25.1. The van der Waals surface area contributed by atoms with Crippen LogP contribution in [0.2, 0.25) is 0 Å². The highest BCUT2D eigenvalue weighted by Gasteiger charge is 2.37. The molecule has 2 aromatic heterocycles. The lowest BCUT2D eigenvalue weighted by atomic mass is 9.93. The van der Waals surface area contributed by atoms with E-state index in [-0.39, 0.29) is 34.3 Å². The molecule has 188 valence electrons. The Morgan fingerprint density at radius 2 is 1.94 bits per heavy atom. The van der Waals surface area contributed by atoms with E-state index in [0.29, 0.717) is 24.7 Å². The maximum atomic E-state index is 13.0. The molecule has 0 bridgehead atoms. The molecule has 3 aromatic rings. The maximum absolute atomic E-state index is 13.0. The summed E-state index contributed by atoms with van der Waals surface area (Å²) < 4.78 is 32.6. The number of nitrogens with one attached hydrogen (secondary N) is 3. The van der Waals surface area contributed by atoms with Crippen molar-refractivity contribution in [2.45, 2.75) is 51.0 Å². The van der Waals surface area contributed by atoms with Gasteiger partial charge in [0.25, 0.3) is 10.0 Å². The van der Waals surface area contributed by atoms with Gasteiger partial charge in [-0.05, 0) is 50.8 Å². The van der Waals surface area contributed by atoms with Gasteiger partial charge in [-0.25, -0.2) is 22.4 Å². The summed E-state index contributed by atoms with van der Waals surface area (Å²) in [5.41, 5.74) is 7.17. The normalized spacial score (nSPS) is 20.3. The number of benzene rings is 1. The quantitative estimate of drug-likeness (QED) is 0.220. The van der Waals surface area contributed by atoms with E-state index in [1.54, 1.807) is 30.3 Å². The van der Waals surface area contributed by atoms with E-state index >= 15 is 0 Å². The van der Waals surface area contributed by atoms with Crippen molar-refractivity contribution in [3.05, 3.63) is 48.3 Å². The number of aromatic nitrogens is 3. The Morgan fingerprint density at radius 3 is 2.66 bits per heavy atom. The summed E-state index contributed by atoms with van der Waals surface area (Å²) in [6.07, 6.45) is 5.42. The number of fused-ring (bicyclic) bond motifs is 1. The van der Waals surface area contributed by atoms with Crippen molar-refractivity contribution >= 4 is 32.9 Å². The number of hydrazine groups is 1. The number of nitrogens with zero attached hydrogens (tertiary/aromatic N) is 3. The summed E-state index contributed by atoms with van der Waals surface area (Å²) in [7, 11) is -3.80. The highest BCUT2D eigenvalue weighted by atomic mass is 32.2. The number of amides is 1. The molecule has 0 saturated heterocycles. The molecule has 1 fully saturated rings. The lowest BCUT2D eigenvalue weighted by Crippen LogP contribution is -2.37. The molecule has 1 saturated carbocycles. The van der Waals surface area contributed by atoms with Crippen molar-refractivity contribution in [1.82, 2.24) is 24.7 Å². The third-order valence-electron chi connectivity index (χ3n) is 6.48. The minimum absolute atomic E-state index is 0.0982. The van der Waals surface area contributed by atoms with Crippen LogP contribution < -0.4 is 16.2 Å². The maximum Gasteiger partial charge on any atom is 0.269 e. The topological polar surface area (TPSA) is 127 Å². The first-order valence-electron chi connectivity index (χ1n) is 11.9. The molecule has 1 amide bonds. The fraction of sp³-hybridized carbons (Fsp3) is 0.458. The van der Waals surface area contributed by atoms with Gasteiger partial charge in [0.05, 0.1) is 17.8 Å². The third-order valence-corrected chi connectivity index (χ3v) is 8.16. The van der Waals surface area contributed by atoms with Gasteiger partial charge in [0.1, 0.15) is 5.52 Å². The summed E-state index contributed by atoms with van der Waals surface area (Å²) >= 11 is 0. The zero-order valence-corrected chi connectivity index (χ0v) is 21.0. The Morgan fingerprint density at radius 1 is 1.17 bits per heavy atom. The van der Waals surface area contributed by atoms with Crippen molar-refractivity contribution in [2.24, 2.45) is 11.8 Å². The number of hydrogen-bond acceptors (Lipinski definition) is 8. The average Bonchev–Trinajstić information content (AvgIpc) is 3.47. The molecule has 35 heavy (non-hydrogen) atoms. The van der Waals surface area contributed by atoms with E-state index in [1.807, 2.05) is 13.8 Å². The van der Waals surface area contributed by atoms with Crippen molar-refractivity contribution in [3.63, 3.8) is 0 Å². The van der Waals surface area contributed by atoms with E-state index in [9.17, 15) is 13.2 Å². The van der Waals surface area contributed by atoms with Crippen molar-refractivity contribution in [1.29, 1.82) is 0 Å². The molecule has 0 aliphatic heterocycles. The monoisotopic (exact) mass is 500 g/mol. The number of ether oxygens (including phenoxy) is 1. The molecule has 1 aliphatic rings. The van der Waals surface area contributed by atoms with Crippen molar-refractivity contribution < 1.29 is 17.9 Å². The second kappa shape index (κ2) is 10.7. The zero-order chi connectivity index (χ0) is 25.0. The summed E-state index contributed by atoms with van der Waals surface area (Å²) in [6, 6.07) is 8.46. The van der Waals surface area contributed by atoms with Gasteiger partial charge in [-0.3, -0.25) is 21.0 Å². The SMILES string of the molecule is CCOCN[C@H]1C[C@@H](CC)[C@@H](C(=O)NNc2cnc3c(ccn3S(=O)(=O)c3ccc(C)cc3)n2)C1. The Labute approximate surface area is 205 Å². The van der Waals surface area contributed by atoms with Crippen molar-refractivity contribution in [3.8, 4) is 0 Å². The highest BCUT2D eigenvalue weighted by Crippen LogP contribution is 2.34. The van der Waals surface area contributed by atoms with Gasteiger partial charge in [-0.15, -0.1) is 0 Å². The Kier molecular flexibility index (Phi) is 7.68. The molecular weight excluding hydrogens is 468 g/mol. The molecular formula is C24H32N6O4S. The summed E-state index contributed by atoms with van der Waals surface area (Å²) in [5, 5.41) is 3.36. The standard InChI is InChI=1S/C24H32N6O4S/c1-4-17-12-18(26-15-34-5-2)13-20(17)24(31)29-28-22-14-25-23-21(27-22)10-11-30(23)35(32,33)19-8-6-16(3)7-9-19/h6-11,14,17-18,20,26H,4-5,12-13,15H2,1-3H3,(H,27,28)(H,29,31)/t17-,18+,20+/m1/s1. The fourth-order valence-electron chi connectivity index (χ4n) is 4.53. The first-order chi connectivity index (χ1) is 16.8. The first-order valence-corrected chi connectivity index (χ1v) is 13.3. The number of rotatable bonds is 10. The van der Waals surface area contributed by atoms with E-state index in [4.69, 9.17) is 4.74 Å². The van der Waals surface area contributed by atoms with Crippen LogP contribution in [0.5, 0.6) is 0 Å². The van der Waals surface area contributed by atoms with Crippen LogP contribution in [-0.4, -0.2) is 47.6 Å². The Bertz CT molecular complexity index is 1270. The fourth-order valence-corrected chi connectivity index (χ4v) is 5.82. The Balaban J connectivity index is 1.42. The van der Waals surface area contributed by atoms with Gasteiger partial charge in [0.15, 0.2) is 11.5 Å². The van der Waals surface area contributed by atoms with Gasteiger partial charge in [-0.2, -0.15) is 0 Å². The average molecular weight is 501 g/mol. The van der Waals surface area contributed by atoms with Crippen LogP contribution in [0.15, 0.2) is 47.6 Å². The van der Waals surface area contributed by atoms with Crippen LogP contribution in [0.25, 0.3) is 11.2 Å². The summed E-state index contributed by atoms with van der Waals surface area (Å²) in [5.74, 6) is 0.391. The highest BCUT2D eigenvalue weighted by molar-refractivity contribution is 7.90. The van der Waals surface area contributed by atoms with Crippen LogP contribution in [0.1, 0.15) is 38.7 Å². The smallest absolute Gasteiger partial charge is 0.269 e. The van der Waals surface area contributed by atoms with Gasteiger partial charge in [-0.1, -0.05) is 31.0 Å². The molecule has 2 heterocycles. The van der Waals surface area contributed by atoms with Crippen LogP contribution >= 0.6 is 0 Å². The predicted octanol–water partition coefficient (Wildman–Crippen LogP) is 2.81. The molecule has 1 aromatic carbocycles. The number of hydrogen-bond donors (Lipinski definition) is 3. The van der Waals surface area contributed by atoms with E-state index in [0.717, 1.165) is 28.8 Å². The third kappa shape index (κ3) is 5.47. The number of anilines is 1. The van der Waals surface area contributed by atoms with Gasteiger partial charge < -0.3 is 4.74 Å². The molecule has 1 aliphatic carbocycles. The van der Waals surface area contributed by atoms with Crippen LogP contribution in [0, 0.1) is 18.8 Å². The van der Waals surface area contributed by atoms with Gasteiger partial charge >= 0.3 is 0 Å². The van der Waals surface area contributed by atoms with Crippen LogP contribution in [0.3, 0.4) is 0 Å². The zero-order valence-electron chi connectivity index (χ0n) is 20.2. The molecule has 3 atom stereocenters.